The van der Waals surface area contributed by atoms with Crippen LogP contribution < -0.4 is 4.74 Å². The van der Waals surface area contributed by atoms with E-state index in [1.165, 1.54) is 11.3 Å². The monoisotopic (exact) mass is 264 g/mol. The van der Waals surface area contributed by atoms with Crippen molar-refractivity contribution < 1.29 is 4.74 Å². The number of hydrogen-bond donors (Lipinski definition) is 0. The molecule has 0 aliphatic heterocycles. The maximum atomic E-state index is 8.64. The summed E-state index contributed by atoms with van der Waals surface area (Å²) in [6.07, 6.45) is 0.678. The Morgan fingerprint density at radius 1 is 1.41 bits per heavy atom. The summed E-state index contributed by atoms with van der Waals surface area (Å²) in [6.45, 7) is 0.502. The molecular formula is C12H9ClN2OS. The summed E-state index contributed by atoms with van der Waals surface area (Å²) in [5.74, 6) is 0.672. The van der Waals surface area contributed by atoms with Crippen molar-refractivity contribution in [2.75, 3.05) is 6.61 Å². The molecule has 1 heterocycles. The minimum Gasteiger partial charge on any atom is -0.492 e. The van der Waals surface area contributed by atoms with Gasteiger partial charge >= 0.3 is 0 Å². The van der Waals surface area contributed by atoms with E-state index < -0.39 is 0 Å². The average Bonchev–Trinajstić information content (AvgIpc) is 2.80. The fourth-order valence-electron chi connectivity index (χ4n) is 1.29. The van der Waals surface area contributed by atoms with Crippen molar-refractivity contribution in [2.24, 2.45) is 0 Å². The molecule has 86 valence electrons. The van der Waals surface area contributed by atoms with Crippen molar-refractivity contribution >= 4 is 22.9 Å². The normalized spacial score (nSPS) is 9.88. The molecule has 5 heteroatoms. The Bertz CT molecular complexity index is 547. The van der Waals surface area contributed by atoms with Gasteiger partial charge < -0.3 is 4.74 Å². The Kier molecular flexibility index (Phi) is 3.97. The van der Waals surface area contributed by atoms with E-state index in [2.05, 4.69) is 4.98 Å². The van der Waals surface area contributed by atoms with Crippen molar-refractivity contribution in [2.45, 2.75) is 6.42 Å². The Balaban J connectivity index is 1.88. The van der Waals surface area contributed by atoms with E-state index in [1.807, 2.05) is 24.3 Å². The number of halogens is 1. The van der Waals surface area contributed by atoms with Gasteiger partial charge in [-0.1, -0.05) is 23.7 Å². The number of para-hydroxylation sites is 1. The zero-order valence-electron chi connectivity index (χ0n) is 8.89. The Morgan fingerprint density at radius 3 is 2.94 bits per heavy atom. The molecule has 0 radical (unpaired) electrons. The lowest BCUT2D eigenvalue weighted by atomic mass is 10.3. The number of rotatable bonds is 4. The molecule has 3 nitrogen and oxygen atoms in total. The van der Waals surface area contributed by atoms with Gasteiger partial charge in [-0.3, -0.25) is 0 Å². The Labute approximate surface area is 108 Å². The summed E-state index contributed by atoms with van der Waals surface area (Å²) in [4.78, 5) is 4.13. The van der Waals surface area contributed by atoms with Crippen molar-refractivity contribution in [3.8, 4) is 11.8 Å². The summed E-state index contributed by atoms with van der Waals surface area (Å²) in [5.41, 5.74) is 0.461. The number of aromatic nitrogens is 1. The SMILES string of the molecule is N#Cc1csc(CCOc2ccccc2Cl)n1. The molecule has 0 amide bonds. The van der Waals surface area contributed by atoms with Gasteiger partial charge in [-0.05, 0) is 12.1 Å². The fraction of sp³-hybridized carbons (Fsp3) is 0.167. The summed E-state index contributed by atoms with van der Waals surface area (Å²) in [6, 6.07) is 9.34. The minimum atomic E-state index is 0.461. The number of nitrogens with zero attached hydrogens (tertiary/aromatic N) is 2. The smallest absolute Gasteiger partial charge is 0.151 e. The summed E-state index contributed by atoms with van der Waals surface area (Å²) < 4.78 is 5.54. The van der Waals surface area contributed by atoms with Gasteiger partial charge in [0.1, 0.15) is 11.8 Å². The summed E-state index contributed by atoms with van der Waals surface area (Å²) in [7, 11) is 0. The third kappa shape index (κ3) is 3.19. The summed E-state index contributed by atoms with van der Waals surface area (Å²) >= 11 is 7.42. The number of thiazole rings is 1. The third-order valence-electron chi connectivity index (χ3n) is 2.08. The Morgan fingerprint density at radius 2 is 2.24 bits per heavy atom. The fourth-order valence-corrected chi connectivity index (χ4v) is 2.18. The van der Waals surface area contributed by atoms with E-state index >= 15 is 0 Å². The van der Waals surface area contributed by atoms with Crippen LogP contribution in [0.5, 0.6) is 5.75 Å². The number of nitriles is 1. The molecule has 0 spiro atoms. The highest BCUT2D eigenvalue weighted by Crippen LogP contribution is 2.23. The van der Waals surface area contributed by atoms with Gasteiger partial charge in [0.15, 0.2) is 5.69 Å². The molecule has 2 rings (SSSR count). The molecular weight excluding hydrogens is 256 g/mol. The lowest BCUT2D eigenvalue weighted by Gasteiger charge is -2.05. The van der Waals surface area contributed by atoms with Crippen molar-refractivity contribution in [3.05, 3.63) is 45.4 Å². The lowest BCUT2D eigenvalue weighted by Crippen LogP contribution is -2.01. The molecule has 0 saturated heterocycles. The van der Waals surface area contributed by atoms with Crippen molar-refractivity contribution in [1.82, 2.24) is 4.98 Å². The van der Waals surface area contributed by atoms with Crippen LogP contribution in [0.25, 0.3) is 0 Å². The second-order valence-electron chi connectivity index (χ2n) is 3.27. The Hall–Kier alpha value is -1.57. The zero-order valence-corrected chi connectivity index (χ0v) is 10.5. The topological polar surface area (TPSA) is 45.9 Å². The van der Waals surface area contributed by atoms with Crippen LogP contribution in [0, 0.1) is 11.3 Å². The van der Waals surface area contributed by atoms with E-state index in [9.17, 15) is 0 Å². The molecule has 0 unspecified atom stereocenters. The molecule has 1 aromatic heterocycles. The van der Waals surface area contributed by atoms with Crippen LogP contribution in [0.2, 0.25) is 5.02 Å². The molecule has 0 fully saturated rings. The number of ether oxygens (including phenoxy) is 1. The molecule has 17 heavy (non-hydrogen) atoms. The van der Waals surface area contributed by atoms with Crippen molar-refractivity contribution in [1.29, 1.82) is 5.26 Å². The van der Waals surface area contributed by atoms with Crippen LogP contribution >= 0.6 is 22.9 Å². The summed E-state index contributed by atoms with van der Waals surface area (Å²) in [5, 5.41) is 11.9. The van der Waals surface area contributed by atoms with E-state index in [1.54, 1.807) is 11.4 Å². The van der Waals surface area contributed by atoms with Crippen LogP contribution in [-0.4, -0.2) is 11.6 Å². The minimum absolute atomic E-state index is 0.461. The van der Waals surface area contributed by atoms with E-state index in [0.717, 1.165) is 5.01 Å². The van der Waals surface area contributed by atoms with Crippen molar-refractivity contribution in [3.63, 3.8) is 0 Å². The maximum Gasteiger partial charge on any atom is 0.151 e. The first-order valence-electron chi connectivity index (χ1n) is 5.01. The molecule has 2 aromatic rings. The van der Waals surface area contributed by atoms with Crippen LogP contribution in [-0.2, 0) is 6.42 Å². The first-order chi connectivity index (χ1) is 8.29. The standard InChI is InChI=1S/C12H9ClN2OS/c13-10-3-1-2-4-11(10)16-6-5-12-15-9(7-14)8-17-12/h1-4,8H,5-6H2. The second-order valence-corrected chi connectivity index (χ2v) is 4.62. The molecule has 0 aliphatic rings. The van der Waals surface area contributed by atoms with Gasteiger partial charge in [-0.25, -0.2) is 4.98 Å². The molecule has 0 bridgehead atoms. The predicted molar refractivity (Wildman–Crippen MR) is 67.5 cm³/mol. The van der Waals surface area contributed by atoms with Crippen LogP contribution in [0.1, 0.15) is 10.7 Å². The van der Waals surface area contributed by atoms with Gasteiger partial charge in [0.25, 0.3) is 0 Å². The molecule has 0 saturated carbocycles. The third-order valence-corrected chi connectivity index (χ3v) is 3.30. The van der Waals surface area contributed by atoms with Crippen LogP contribution in [0.3, 0.4) is 0 Å². The predicted octanol–water partition coefficient (Wildman–Crippen LogP) is 3.29. The lowest BCUT2D eigenvalue weighted by molar-refractivity contribution is 0.322. The molecule has 0 atom stereocenters. The van der Waals surface area contributed by atoms with Gasteiger partial charge in [0, 0.05) is 11.8 Å². The largest absolute Gasteiger partial charge is 0.492 e. The highest BCUT2D eigenvalue weighted by Gasteiger charge is 2.03. The first-order valence-corrected chi connectivity index (χ1v) is 6.27. The highest BCUT2D eigenvalue weighted by atomic mass is 35.5. The highest BCUT2D eigenvalue weighted by molar-refractivity contribution is 7.09. The van der Waals surface area contributed by atoms with Gasteiger partial charge in [0.05, 0.1) is 16.6 Å². The van der Waals surface area contributed by atoms with E-state index in [4.69, 9.17) is 21.6 Å². The van der Waals surface area contributed by atoms with E-state index in [0.29, 0.717) is 29.5 Å². The van der Waals surface area contributed by atoms with E-state index in [-0.39, 0.29) is 0 Å². The molecule has 0 aliphatic carbocycles. The van der Waals surface area contributed by atoms with Crippen LogP contribution in [0.15, 0.2) is 29.6 Å². The number of hydrogen-bond acceptors (Lipinski definition) is 4. The van der Waals surface area contributed by atoms with Crippen LogP contribution in [0.4, 0.5) is 0 Å². The molecule has 0 N–H and O–H groups in total. The van der Waals surface area contributed by atoms with Gasteiger partial charge in [0.2, 0.25) is 0 Å². The maximum absolute atomic E-state index is 8.64. The first kappa shape index (κ1) is 11.9. The van der Waals surface area contributed by atoms with Gasteiger partial charge in [-0.15, -0.1) is 11.3 Å². The van der Waals surface area contributed by atoms with Gasteiger partial charge in [-0.2, -0.15) is 5.26 Å². The number of benzene rings is 1. The zero-order chi connectivity index (χ0) is 12.1. The second kappa shape index (κ2) is 5.67. The molecule has 1 aromatic carbocycles. The average molecular weight is 265 g/mol. The quantitative estimate of drug-likeness (QED) is 0.851.